The molecule has 2 atom stereocenters. The first kappa shape index (κ1) is 31.8. The van der Waals surface area contributed by atoms with Crippen LogP contribution in [0.2, 0.25) is 0 Å². The number of anilines is 1. The van der Waals surface area contributed by atoms with Crippen molar-refractivity contribution in [2.45, 2.75) is 56.7 Å². The molecular weight excluding hydrogens is 652 g/mol. The normalized spacial score (nSPS) is 20.3. The fourth-order valence-electron chi connectivity index (χ4n) is 6.55. The highest BCUT2D eigenvalue weighted by molar-refractivity contribution is 6.23. The molecule has 14 heteroatoms. The van der Waals surface area contributed by atoms with Crippen molar-refractivity contribution in [2.75, 3.05) is 5.32 Å². The maximum atomic E-state index is 13.1. The Morgan fingerprint density at radius 2 is 1.53 bits per heavy atom. The van der Waals surface area contributed by atoms with Crippen LogP contribution in [0.4, 0.5) is 5.69 Å². The van der Waals surface area contributed by atoms with Gasteiger partial charge < -0.3 is 14.8 Å². The molecule has 256 valence electrons. The summed E-state index contributed by atoms with van der Waals surface area (Å²) in [4.78, 5) is 59.5. The monoisotopic (exact) mass is 684 g/mol. The van der Waals surface area contributed by atoms with Crippen LogP contribution in [0, 0.1) is 0 Å². The number of nitrogens with zero attached hydrogens (tertiary/aromatic N) is 6. The molecule has 2 aliphatic heterocycles. The van der Waals surface area contributed by atoms with Crippen LogP contribution >= 0.6 is 0 Å². The van der Waals surface area contributed by atoms with E-state index in [-0.39, 0.29) is 42.0 Å². The number of imide groups is 2. The van der Waals surface area contributed by atoms with Gasteiger partial charge in [-0.2, -0.15) is 4.68 Å². The van der Waals surface area contributed by atoms with Gasteiger partial charge in [-0.3, -0.25) is 29.4 Å². The van der Waals surface area contributed by atoms with E-state index < -0.39 is 29.7 Å². The first-order chi connectivity index (χ1) is 24.8. The minimum atomic E-state index is -0.987. The van der Waals surface area contributed by atoms with Crippen molar-refractivity contribution in [2.24, 2.45) is 0 Å². The molecule has 2 aromatic heterocycles. The second-order valence-electron chi connectivity index (χ2n) is 12.8. The third kappa shape index (κ3) is 6.38. The summed E-state index contributed by atoms with van der Waals surface area (Å²) in [7, 11) is 0. The summed E-state index contributed by atoms with van der Waals surface area (Å²) in [5.74, 6) is 0.481. The van der Waals surface area contributed by atoms with Crippen molar-refractivity contribution >= 4 is 29.3 Å². The minimum Gasteiger partial charge on any atom is -0.490 e. The molecule has 3 aromatic carbocycles. The van der Waals surface area contributed by atoms with Gasteiger partial charge in [-0.25, -0.2) is 9.97 Å². The molecule has 14 nitrogen and oxygen atoms in total. The smallest absolute Gasteiger partial charge is 0.262 e. The standard InChI is InChI=1S/C37H32N8O6/c1-21(23-4-9-27(10-5-23)51-29-19-38-37(39-20-29)44-15-14-40-43-44)22-2-7-26(8-3-22)50-28-16-25(17-28)41-24-6-11-30-31(18-24)36(49)45(35(30)48)32-12-13-33(46)42-34(32)47/h2-11,14-15,18-21,25,28,32,41H,12-13,16-17H2,1H3,(H,42,46,47)/t21?,25-,28-,32?. The number of carbonyl (C=O) groups is 4. The van der Waals surface area contributed by atoms with E-state index in [9.17, 15) is 19.2 Å². The van der Waals surface area contributed by atoms with Gasteiger partial charge in [0.1, 0.15) is 23.6 Å². The second-order valence-corrected chi connectivity index (χ2v) is 12.8. The number of fused-ring (bicyclic) bond motifs is 1. The number of aromatic nitrogens is 5. The Morgan fingerprint density at radius 1 is 0.843 bits per heavy atom. The zero-order valence-corrected chi connectivity index (χ0v) is 27.4. The van der Waals surface area contributed by atoms with Crippen LogP contribution in [0.25, 0.3) is 5.95 Å². The average Bonchev–Trinajstić information content (AvgIpc) is 3.75. The molecule has 8 rings (SSSR count). The van der Waals surface area contributed by atoms with E-state index in [1.165, 1.54) is 4.68 Å². The van der Waals surface area contributed by atoms with Crippen molar-refractivity contribution in [3.63, 3.8) is 0 Å². The van der Waals surface area contributed by atoms with Crippen LogP contribution < -0.4 is 20.1 Å². The van der Waals surface area contributed by atoms with E-state index >= 15 is 0 Å². The summed E-state index contributed by atoms with van der Waals surface area (Å²) < 4.78 is 13.6. The van der Waals surface area contributed by atoms with Gasteiger partial charge in [-0.1, -0.05) is 36.4 Å². The first-order valence-electron chi connectivity index (χ1n) is 16.6. The van der Waals surface area contributed by atoms with Crippen molar-refractivity contribution in [3.05, 3.63) is 114 Å². The predicted octanol–water partition coefficient (Wildman–Crippen LogP) is 4.42. The zero-order chi connectivity index (χ0) is 35.1. The molecule has 2 fully saturated rings. The van der Waals surface area contributed by atoms with Crippen LogP contribution in [-0.4, -0.2) is 71.7 Å². The lowest BCUT2D eigenvalue weighted by atomic mass is 9.88. The molecule has 51 heavy (non-hydrogen) atoms. The Bertz CT molecular complexity index is 2110. The van der Waals surface area contributed by atoms with Crippen molar-refractivity contribution in [1.29, 1.82) is 0 Å². The van der Waals surface area contributed by atoms with Crippen molar-refractivity contribution in [1.82, 2.24) is 35.2 Å². The number of amides is 4. The van der Waals surface area contributed by atoms with Gasteiger partial charge in [0, 0.05) is 36.9 Å². The molecule has 2 N–H and O–H groups in total. The summed E-state index contributed by atoms with van der Waals surface area (Å²) in [6, 6.07) is 20.3. The maximum absolute atomic E-state index is 13.1. The van der Waals surface area contributed by atoms with Crippen LogP contribution in [0.5, 0.6) is 17.2 Å². The summed E-state index contributed by atoms with van der Waals surface area (Å²) in [5.41, 5.74) is 3.52. The summed E-state index contributed by atoms with van der Waals surface area (Å²) in [6.45, 7) is 2.15. The van der Waals surface area contributed by atoms with Crippen LogP contribution in [0.15, 0.2) is 91.5 Å². The molecule has 1 saturated heterocycles. The quantitative estimate of drug-likeness (QED) is 0.200. The zero-order valence-electron chi connectivity index (χ0n) is 27.4. The van der Waals surface area contributed by atoms with Crippen LogP contribution in [-0.2, 0) is 9.59 Å². The number of hydrogen-bond acceptors (Lipinski definition) is 11. The van der Waals surface area contributed by atoms with Gasteiger partial charge in [0.2, 0.25) is 11.8 Å². The number of nitrogens with one attached hydrogen (secondary N) is 2. The lowest BCUT2D eigenvalue weighted by Crippen LogP contribution is -2.54. The Kier molecular flexibility index (Phi) is 8.18. The lowest BCUT2D eigenvalue weighted by Gasteiger charge is -2.36. The molecule has 5 aromatic rings. The first-order valence-corrected chi connectivity index (χ1v) is 16.6. The molecule has 4 amide bonds. The number of carbonyl (C=O) groups excluding carboxylic acids is 4. The summed E-state index contributed by atoms with van der Waals surface area (Å²) >= 11 is 0. The summed E-state index contributed by atoms with van der Waals surface area (Å²) in [5, 5.41) is 13.3. The third-order valence-electron chi connectivity index (χ3n) is 9.45. The van der Waals surface area contributed by atoms with Crippen molar-refractivity contribution < 1.29 is 28.7 Å². The van der Waals surface area contributed by atoms with E-state index in [0.717, 1.165) is 34.6 Å². The van der Waals surface area contributed by atoms with Gasteiger partial charge in [-0.15, -0.1) is 5.10 Å². The summed E-state index contributed by atoms with van der Waals surface area (Å²) in [6.07, 6.45) is 8.20. The van der Waals surface area contributed by atoms with Gasteiger partial charge in [-0.05, 0) is 60.0 Å². The molecule has 0 bridgehead atoms. The Balaban J connectivity index is 0.815. The highest BCUT2D eigenvalue weighted by Gasteiger charge is 2.44. The van der Waals surface area contributed by atoms with Gasteiger partial charge in [0.15, 0.2) is 5.75 Å². The predicted molar refractivity (Wildman–Crippen MR) is 182 cm³/mol. The lowest BCUT2D eigenvalue weighted by molar-refractivity contribution is -0.136. The molecule has 0 spiro atoms. The van der Waals surface area contributed by atoms with E-state index in [0.29, 0.717) is 23.1 Å². The Morgan fingerprint density at radius 3 is 2.20 bits per heavy atom. The molecule has 1 saturated carbocycles. The highest BCUT2D eigenvalue weighted by Crippen LogP contribution is 2.34. The second kappa shape index (κ2) is 13.1. The number of piperidine rings is 1. The van der Waals surface area contributed by atoms with E-state index in [4.69, 9.17) is 9.47 Å². The molecule has 1 aliphatic carbocycles. The third-order valence-corrected chi connectivity index (χ3v) is 9.45. The van der Waals surface area contributed by atoms with Gasteiger partial charge >= 0.3 is 0 Å². The molecule has 0 radical (unpaired) electrons. The molecule has 3 aliphatic rings. The number of hydrogen-bond donors (Lipinski definition) is 2. The Hall–Kier alpha value is -6.44. The average molecular weight is 685 g/mol. The topological polar surface area (TPSA) is 171 Å². The number of benzene rings is 3. The van der Waals surface area contributed by atoms with E-state index in [1.54, 1.807) is 43.0 Å². The molecular formula is C37H32N8O6. The SMILES string of the molecule is CC(c1ccc(Oc2cnc(-n3ccnn3)nc2)cc1)c1ccc(O[C@H]2C[C@H](Nc3ccc4c(c3)C(=O)N(C3CCC(=O)NC3=O)C4=O)C2)cc1. The van der Waals surface area contributed by atoms with Crippen LogP contribution in [0.1, 0.15) is 70.4 Å². The number of ether oxygens (including phenoxy) is 2. The van der Waals surface area contributed by atoms with Crippen LogP contribution in [0.3, 0.4) is 0 Å². The fourth-order valence-corrected chi connectivity index (χ4v) is 6.55. The van der Waals surface area contributed by atoms with E-state index in [1.807, 2.05) is 36.4 Å². The fraction of sp³-hybridized carbons (Fsp3) is 0.243. The molecule has 4 heterocycles. The van der Waals surface area contributed by atoms with Crippen molar-refractivity contribution in [3.8, 4) is 23.2 Å². The highest BCUT2D eigenvalue weighted by atomic mass is 16.5. The molecule has 2 unspecified atom stereocenters. The largest absolute Gasteiger partial charge is 0.490 e. The minimum absolute atomic E-state index is 0.0446. The van der Waals surface area contributed by atoms with Gasteiger partial charge in [0.25, 0.3) is 17.8 Å². The maximum Gasteiger partial charge on any atom is 0.262 e. The number of rotatable bonds is 10. The Labute approximate surface area is 291 Å². The van der Waals surface area contributed by atoms with E-state index in [2.05, 4.69) is 50.0 Å². The van der Waals surface area contributed by atoms with Gasteiger partial charge in [0.05, 0.1) is 35.9 Å².